The normalized spacial score (nSPS) is 13.2. The summed E-state index contributed by atoms with van der Waals surface area (Å²) in [6.45, 7) is 5.18. The fourth-order valence-corrected chi connectivity index (χ4v) is 1.31. The summed E-state index contributed by atoms with van der Waals surface area (Å²) in [5.41, 5.74) is 0.176. The monoisotopic (exact) mass is 237 g/mol. The van der Waals surface area contributed by atoms with E-state index in [1.54, 1.807) is 45.0 Å². The Morgan fingerprint density at radius 1 is 1.35 bits per heavy atom. The number of aliphatic hydroxyl groups is 1. The molecular weight excluding hydrogens is 218 g/mol. The van der Waals surface area contributed by atoms with Gasteiger partial charge in [0.2, 0.25) is 5.91 Å². The lowest BCUT2D eigenvalue weighted by atomic mass is 9.98. The minimum atomic E-state index is -0.645. The summed E-state index contributed by atoms with van der Waals surface area (Å²) >= 11 is 0. The first-order valence-electron chi connectivity index (χ1n) is 5.58. The van der Waals surface area contributed by atoms with Crippen LogP contribution in [-0.2, 0) is 11.2 Å². The van der Waals surface area contributed by atoms with Crippen LogP contribution in [0, 0.1) is 0 Å². The molecule has 1 amide bonds. The van der Waals surface area contributed by atoms with E-state index in [0.717, 1.165) is 5.56 Å². The van der Waals surface area contributed by atoms with Crippen molar-refractivity contribution in [3.63, 3.8) is 0 Å². The molecule has 0 spiro atoms. The Morgan fingerprint density at radius 3 is 2.35 bits per heavy atom. The van der Waals surface area contributed by atoms with E-state index in [9.17, 15) is 9.90 Å². The van der Waals surface area contributed by atoms with Gasteiger partial charge in [0, 0.05) is 0 Å². The van der Waals surface area contributed by atoms with Gasteiger partial charge in [-0.2, -0.15) is 0 Å². The van der Waals surface area contributed by atoms with Gasteiger partial charge in [0.15, 0.2) is 0 Å². The maximum absolute atomic E-state index is 11.7. The molecule has 4 heteroatoms. The molecule has 1 rings (SSSR count). The Morgan fingerprint density at radius 2 is 1.88 bits per heavy atom. The van der Waals surface area contributed by atoms with Gasteiger partial charge in [0.05, 0.1) is 18.1 Å². The third-order valence-corrected chi connectivity index (χ3v) is 2.81. The molecule has 17 heavy (non-hydrogen) atoms. The van der Waals surface area contributed by atoms with Crippen LogP contribution in [0.1, 0.15) is 26.3 Å². The van der Waals surface area contributed by atoms with Crippen molar-refractivity contribution >= 4 is 5.91 Å². The number of phenolic OH excluding ortho intramolecular Hbond substituents is 1. The van der Waals surface area contributed by atoms with E-state index in [4.69, 9.17) is 5.11 Å². The van der Waals surface area contributed by atoms with Crippen molar-refractivity contribution in [3.05, 3.63) is 29.8 Å². The lowest BCUT2D eigenvalue weighted by molar-refractivity contribution is -0.123. The van der Waals surface area contributed by atoms with Crippen LogP contribution in [0.2, 0.25) is 0 Å². The zero-order valence-corrected chi connectivity index (χ0v) is 10.4. The van der Waals surface area contributed by atoms with Gasteiger partial charge in [0.25, 0.3) is 0 Å². The Hall–Kier alpha value is -1.55. The zero-order chi connectivity index (χ0) is 13.1. The molecule has 0 aliphatic rings. The van der Waals surface area contributed by atoms with Crippen molar-refractivity contribution in [2.75, 3.05) is 0 Å². The Balaban J connectivity index is 2.59. The summed E-state index contributed by atoms with van der Waals surface area (Å²) in [4.78, 5) is 11.7. The van der Waals surface area contributed by atoms with Crippen LogP contribution in [-0.4, -0.2) is 27.8 Å². The third kappa shape index (κ3) is 4.07. The second-order valence-corrected chi connectivity index (χ2v) is 4.79. The zero-order valence-electron chi connectivity index (χ0n) is 10.4. The lowest BCUT2D eigenvalue weighted by Gasteiger charge is -2.29. The summed E-state index contributed by atoms with van der Waals surface area (Å²) < 4.78 is 0. The number of hydrogen-bond acceptors (Lipinski definition) is 3. The SMILES string of the molecule is CC(O)C(C)(C)NC(=O)Cc1ccc(O)cc1. The molecule has 0 aliphatic carbocycles. The summed E-state index contributed by atoms with van der Waals surface area (Å²) in [5.74, 6) is 0.0278. The molecule has 0 bridgehead atoms. The molecular formula is C13H19NO3. The average Bonchev–Trinajstić information content (AvgIpc) is 2.20. The number of aliphatic hydroxyl groups excluding tert-OH is 1. The molecule has 0 aliphatic heterocycles. The number of hydrogen-bond donors (Lipinski definition) is 3. The molecule has 0 aromatic heterocycles. The third-order valence-electron chi connectivity index (χ3n) is 2.81. The molecule has 1 unspecified atom stereocenters. The first-order valence-corrected chi connectivity index (χ1v) is 5.58. The van der Waals surface area contributed by atoms with Crippen LogP contribution in [0.5, 0.6) is 5.75 Å². The Bertz CT molecular complexity index is 382. The van der Waals surface area contributed by atoms with Gasteiger partial charge in [0.1, 0.15) is 5.75 Å². The number of rotatable bonds is 4. The smallest absolute Gasteiger partial charge is 0.224 e. The molecule has 0 heterocycles. The van der Waals surface area contributed by atoms with Gasteiger partial charge in [-0.1, -0.05) is 12.1 Å². The summed E-state index contributed by atoms with van der Waals surface area (Å²) in [6, 6.07) is 6.49. The minimum Gasteiger partial charge on any atom is -0.508 e. The Labute approximate surface area is 101 Å². The largest absolute Gasteiger partial charge is 0.508 e. The quantitative estimate of drug-likeness (QED) is 0.737. The van der Waals surface area contributed by atoms with Gasteiger partial charge in [-0.15, -0.1) is 0 Å². The molecule has 94 valence electrons. The number of phenols is 1. The van der Waals surface area contributed by atoms with Crippen LogP contribution < -0.4 is 5.32 Å². The molecule has 1 atom stereocenters. The highest BCUT2D eigenvalue weighted by atomic mass is 16.3. The number of carbonyl (C=O) groups is 1. The second kappa shape index (κ2) is 5.19. The maximum atomic E-state index is 11.7. The molecule has 0 fully saturated rings. The Kier molecular flexibility index (Phi) is 4.12. The summed E-state index contributed by atoms with van der Waals surface area (Å²) in [6.07, 6.45) is -0.387. The predicted octanol–water partition coefficient (Wildman–Crippen LogP) is 1.21. The van der Waals surface area contributed by atoms with Crippen molar-refractivity contribution in [2.24, 2.45) is 0 Å². The van der Waals surface area contributed by atoms with Gasteiger partial charge in [-0.3, -0.25) is 4.79 Å². The van der Waals surface area contributed by atoms with E-state index in [1.165, 1.54) is 0 Å². The minimum absolute atomic E-state index is 0.151. The number of benzene rings is 1. The molecule has 4 nitrogen and oxygen atoms in total. The molecule has 0 radical (unpaired) electrons. The highest BCUT2D eigenvalue weighted by Crippen LogP contribution is 2.12. The number of amides is 1. The van der Waals surface area contributed by atoms with Crippen molar-refractivity contribution in [3.8, 4) is 5.75 Å². The molecule has 0 saturated heterocycles. The van der Waals surface area contributed by atoms with Crippen LogP contribution in [0.3, 0.4) is 0 Å². The molecule has 0 saturated carbocycles. The van der Waals surface area contributed by atoms with E-state index in [1.807, 2.05) is 0 Å². The van der Waals surface area contributed by atoms with Crippen LogP contribution in [0.4, 0.5) is 0 Å². The van der Waals surface area contributed by atoms with E-state index < -0.39 is 11.6 Å². The number of carbonyl (C=O) groups excluding carboxylic acids is 1. The van der Waals surface area contributed by atoms with Gasteiger partial charge in [-0.25, -0.2) is 0 Å². The highest BCUT2D eigenvalue weighted by Gasteiger charge is 2.25. The van der Waals surface area contributed by atoms with Crippen molar-refractivity contribution in [1.29, 1.82) is 0 Å². The maximum Gasteiger partial charge on any atom is 0.224 e. The molecule has 1 aromatic rings. The van der Waals surface area contributed by atoms with Gasteiger partial charge < -0.3 is 15.5 Å². The van der Waals surface area contributed by atoms with Crippen molar-refractivity contribution < 1.29 is 15.0 Å². The first kappa shape index (κ1) is 13.5. The van der Waals surface area contributed by atoms with Gasteiger partial charge >= 0.3 is 0 Å². The summed E-state index contributed by atoms with van der Waals surface area (Å²) in [5, 5.41) is 21.4. The number of nitrogens with one attached hydrogen (secondary N) is 1. The standard InChI is InChI=1S/C13H19NO3/c1-9(15)13(2,3)14-12(17)8-10-4-6-11(16)7-5-10/h4-7,9,15-16H,8H2,1-3H3,(H,14,17). The number of aromatic hydroxyl groups is 1. The fraction of sp³-hybridized carbons (Fsp3) is 0.462. The first-order chi connectivity index (χ1) is 7.81. The fourth-order valence-electron chi connectivity index (χ4n) is 1.31. The lowest BCUT2D eigenvalue weighted by Crippen LogP contribution is -2.51. The van der Waals surface area contributed by atoms with Crippen LogP contribution in [0.15, 0.2) is 24.3 Å². The van der Waals surface area contributed by atoms with Crippen LogP contribution >= 0.6 is 0 Å². The van der Waals surface area contributed by atoms with E-state index in [-0.39, 0.29) is 18.1 Å². The predicted molar refractivity (Wildman–Crippen MR) is 65.7 cm³/mol. The molecule has 1 aromatic carbocycles. The summed E-state index contributed by atoms with van der Waals surface area (Å²) in [7, 11) is 0. The van der Waals surface area contributed by atoms with E-state index in [0.29, 0.717) is 0 Å². The highest BCUT2D eigenvalue weighted by molar-refractivity contribution is 5.79. The van der Waals surface area contributed by atoms with E-state index in [2.05, 4.69) is 5.32 Å². The van der Waals surface area contributed by atoms with Gasteiger partial charge in [-0.05, 0) is 38.5 Å². The average molecular weight is 237 g/mol. The second-order valence-electron chi connectivity index (χ2n) is 4.79. The van der Waals surface area contributed by atoms with E-state index >= 15 is 0 Å². The molecule has 3 N–H and O–H groups in total. The van der Waals surface area contributed by atoms with Crippen molar-refractivity contribution in [2.45, 2.75) is 38.8 Å². The van der Waals surface area contributed by atoms with Crippen LogP contribution in [0.25, 0.3) is 0 Å². The topological polar surface area (TPSA) is 69.6 Å². The van der Waals surface area contributed by atoms with Crippen molar-refractivity contribution in [1.82, 2.24) is 5.32 Å².